The van der Waals surface area contributed by atoms with Crippen LogP contribution in [0.3, 0.4) is 0 Å². The molecule has 0 aromatic heterocycles. The van der Waals surface area contributed by atoms with Crippen molar-refractivity contribution >= 4 is 0 Å². The first kappa shape index (κ1) is 8.49. The number of nitriles is 1. The summed E-state index contributed by atoms with van der Waals surface area (Å²) in [6, 6.07) is 2.17. The summed E-state index contributed by atoms with van der Waals surface area (Å²) < 4.78 is 0. The minimum absolute atomic E-state index is 0.579. The van der Waals surface area contributed by atoms with Crippen LogP contribution in [-0.4, -0.2) is 0 Å². The van der Waals surface area contributed by atoms with Gasteiger partial charge < -0.3 is 0 Å². The second-order valence-electron chi connectivity index (χ2n) is 3.10. The topological polar surface area (TPSA) is 23.8 Å². The third-order valence-corrected chi connectivity index (χ3v) is 1.31. The molecule has 0 aromatic rings. The summed E-state index contributed by atoms with van der Waals surface area (Å²) in [5.41, 5.74) is 0. The average Bonchev–Trinajstić information content (AvgIpc) is 1.63. The molecule has 0 radical (unpaired) electrons. The van der Waals surface area contributed by atoms with E-state index in [1.54, 1.807) is 0 Å². The molecule has 0 rings (SSSR count). The van der Waals surface area contributed by atoms with Crippen LogP contribution in [0.1, 0.15) is 33.6 Å². The minimum atomic E-state index is 0.579. The smallest absolute Gasteiger partial charge is 0.0624 e. The van der Waals surface area contributed by atoms with Crippen LogP contribution >= 0.6 is 0 Å². The van der Waals surface area contributed by atoms with Crippen LogP contribution in [0.4, 0.5) is 0 Å². The predicted molar refractivity (Wildman–Crippen MR) is 38.8 cm³/mol. The lowest BCUT2D eigenvalue weighted by atomic mass is 9.97. The molecule has 0 heterocycles. The van der Waals surface area contributed by atoms with E-state index in [4.69, 9.17) is 5.26 Å². The lowest BCUT2D eigenvalue weighted by Crippen LogP contribution is -1.98. The first-order valence-electron chi connectivity index (χ1n) is 3.53. The monoisotopic (exact) mass is 125 g/mol. The first-order valence-corrected chi connectivity index (χ1v) is 3.53. The Balaban J connectivity index is 3.29. The van der Waals surface area contributed by atoms with Crippen LogP contribution in [0.2, 0.25) is 0 Å². The second-order valence-corrected chi connectivity index (χ2v) is 3.10. The highest BCUT2D eigenvalue weighted by molar-refractivity contribution is 4.73. The average molecular weight is 125 g/mol. The van der Waals surface area contributed by atoms with E-state index in [-0.39, 0.29) is 0 Å². The molecule has 52 valence electrons. The number of nitrogens with zero attached hydrogens (tertiary/aromatic N) is 1. The summed E-state index contributed by atoms with van der Waals surface area (Å²) in [6.45, 7) is 6.50. The lowest BCUT2D eigenvalue weighted by Gasteiger charge is -2.08. The van der Waals surface area contributed by atoms with E-state index in [1.807, 2.05) is 0 Å². The molecule has 0 bridgehead atoms. The van der Waals surface area contributed by atoms with Gasteiger partial charge in [0.1, 0.15) is 0 Å². The van der Waals surface area contributed by atoms with Crippen molar-refractivity contribution in [3.63, 3.8) is 0 Å². The number of hydrogen-bond acceptors (Lipinski definition) is 1. The van der Waals surface area contributed by atoms with E-state index in [0.29, 0.717) is 12.3 Å². The van der Waals surface area contributed by atoms with Gasteiger partial charge in [-0.3, -0.25) is 0 Å². The maximum atomic E-state index is 8.30. The van der Waals surface area contributed by atoms with Gasteiger partial charge in [-0.05, 0) is 18.3 Å². The van der Waals surface area contributed by atoms with Crippen molar-refractivity contribution in [2.75, 3.05) is 0 Å². The van der Waals surface area contributed by atoms with Crippen LogP contribution in [0.25, 0.3) is 0 Å². The predicted octanol–water partition coefficient (Wildman–Crippen LogP) is 2.58. The summed E-state index contributed by atoms with van der Waals surface area (Å²) in [7, 11) is 0. The molecule has 0 aliphatic heterocycles. The summed E-state index contributed by atoms with van der Waals surface area (Å²) in [5.74, 6) is 1.31. The third kappa shape index (κ3) is 5.36. The maximum Gasteiger partial charge on any atom is 0.0624 e. The molecule has 0 amide bonds. The Kier molecular flexibility index (Phi) is 4.13. The van der Waals surface area contributed by atoms with Gasteiger partial charge in [0.05, 0.1) is 6.07 Å². The normalized spacial score (nSPS) is 13.2. The van der Waals surface area contributed by atoms with Crippen molar-refractivity contribution < 1.29 is 0 Å². The summed E-state index contributed by atoms with van der Waals surface area (Å²) in [6.07, 6.45) is 1.88. The molecule has 0 aliphatic carbocycles. The SMILES string of the molecule is CC(C)C[C@@H](C)CC#N. The van der Waals surface area contributed by atoms with Crippen LogP contribution < -0.4 is 0 Å². The van der Waals surface area contributed by atoms with E-state index in [2.05, 4.69) is 26.8 Å². The molecular formula is C8H15N. The molecule has 0 saturated heterocycles. The highest BCUT2D eigenvalue weighted by Gasteiger charge is 2.02. The standard InChI is InChI=1S/C8H15N/c1-7(2)6-8(3)4-5-9/h7-8H,4,6H2,1-3H3/t8-/m0/s1. The maximum absolute atomic E-state index is 8.30. The van der Waals surface area contributed by atoms with Crippen molar-refractivity contribution in [3.05, 3.63) is 0 Å². The van der Waals surface area contributed by atoms with Gasteiger partial charge in [-0.15, -0.1) is 0 Å². The fraction of sp³-hybridized carbons (Fsp3) is 0.875. The van der Waals surface area contributed by atoms with Gasteiger partial charge in [0, 0.05) is 6.42 Å². The van der Waals surface area contributed by atoms with Crippen LogP contribution in [-0.2, 0) is 0 Å². The summed E-state index contributed by atoms with van der Waals surface area (Å²) in [4.78, 5) is 0. The van der Waals surface area contributed by atoms with Crippen molar-refractivity contribution in [1.29, 1.82) is 5.26 Å². The van der Waals surface area contributed by atoms with Crippen LogP contribution in [0.5, 0.6) is 0 Å². The second kappa shape index (κ2) is 4.38. The zero-order valence-corrected chi connectivity index (χ0v) is 6.52. The molecular weight excluding hydrogens is 110 g/mol. The molecule has 9 heavy (non-hydrogen) atoms. The molecule has 0 aliphatic rings. The van der Waals surface area contributed by atoms with Gasteiger partial charge in [0.2, 0.25) is 0 Å². The highest BCUT2D eigenvalue weighted by Crippen LogP contribution is 2.12. The molecule has 0 unspecified atom stereocenters. The molecule has 1 heteroatoms. The molecule has 0 saturated carbocycles. The molecule has 0 N–H and O–H groups in total. The number of hydrogen-bond donors (Lipinski definition) is 0. The summed E-state index contributed by atoms with van der Waals surface area (Å²) in [5, 5.41) is 8.30. The Bertz CT molecular complexity index is 99.6. The highest BCUT2D eigenvalue weighted by atomic mass is 14.2. The van der Waals surface area contributed by atoms with Gasteiger partial charge in [-0.1, -0.05) is 20.8 Å². The van der Waals surface area contributed by atoms with E-state index < -0.39 is 0 Å². The fourth-order valence-electron chi connectivity index (χ4n) is 1.04. The molecule has 0 fully saturated rings. The van der Waals surface area contributed by atoms with E-state index in [0.717, 1.165) is 5.92 Å². The van der Waals surface area contributed by atoms with Crippen molar-refractivity contribution in [2.24, 2.45) is 11.8 Å². The third-order valence-electron chi connectivity index (χ3n) is 1.31. The zero-order chi connectivity index (χ0) is 7.28. The first-order chi connectivity index (χ1) is 4.16. The largest absolute Gasteiger partial charge is 0.198 e. The van der Waals surface area contributed by atoms with Gasteiger partial charge in [-0.2, -0.15) is 5.26 Å². The zero-order valence-electron chi connectivity index (χ0n) is 6.52. The van der Waals surface area contributed by atoms with Crippen molar-refractivity contribution in [2.45, 2.75) is 33.6 Å². The van der Waals surface area contributed by atoms with E-state index >= 15 is 0 Å². The summed E-state index contributed by atoms with van der Waals surface area (Å²) >= 11 is 0. The minimum Gasteiger partial charge on any atom is -0.198 e. The molecule has 0 aromatic carbocycles. The van der Waals surface area contributed by atoms with Gasteiger partial charge in [0.15, 0.2) is 0 Å². The quantitative estimate of drug-likeness (QED) is 0.568. The van der Waals surface area contributed by atoms with Crippen LogP contribution in [0, 0.1) is 23.2 Å². The Hall–Kier alpha value is -0.510. The van der Waals surface area contributed by atoms with Crippen LogP contribution in [0.15, 0.2) is 0 Å². The van der Waals surface area contributed by atoms with Crippen molar-refractivity contribution in [3.8, 4) is 6.07 Å². The lowest BCUT2D eigenvalue weighted by molar-refractivity contribution is 0.446. The Labute approximate surface area is 57.7 Å². The van der Waals surface area contributed by atoms with E-state index in [1.165, 1.54) is 6.42 Å². The Morgan fingerprint density at radius 2 is 1.89 bits per heavy atom. The van der Waals surface area contributed by atoms with Gasteiger partial charge in [0.25, 0.3) is 0 Å². The fourth-order valence-corrected chi connectivity index (χ4v) is 1.04. The Morgan fingerprint density at radius 1 is 1.33 bits per heavy atom. The van der Waals surface area contributed by atoms with E-state index in [9.17, 15) is 0 Å². The van der Waals surface area contributed by atoms with Crippen molar-refractivity contribution in [1.82, 2.24) is 0 Å². The molecule has 0 spiro atoms. The van der Waals surface area contributed by atoms with Gasteiger partial charge in [-0.25, -0.2) is 0 Å². The molecule has 1 nitrogen and oxygen atoms in total. The molecule has 1 atom stereocenters. The Morgan fingerprint density at radius 3 is 2.22 bits per heavy atom. The van der Waals surface area contributed by atoms with Gasteiger partial charge >= 0.3 is 0 Å². The number of rotatable bonds is 3.